The Morgan fingerprint density at radius 1 is 0.763 bits per heavy atom. The Bertz CT molecular complexity index is 1110. The third-order valence-corrected chi connectivity index (χ3v) is 6.15. The summed E-state index contributed by atoms with van der Waals surface area (Å²) in [5.74, 6) is -3.61. The fourth-order valence-electron chi connectivity index (χ4n) is 3.57. The van der Waals surface area contributed by atoms with E-state index in [-0.39, 0.29) is 30.1 Å². The number of carbonyl (C=O) groups excluding carboxylic acids is 3. The van der Waals surface area contributed by atoms with Crippen molar-refractivity contribution in [3.63, 3.8) is 0 Å². The average molecular weight is 547 g/mol. The van der Waals surface area contributed by atoms with Crippen LogP contribution in [0, 0.1) is 5.92 Å². The lowest BCUT2D eigenvalue weighted by Gasteiger charge is -2.26. The summed E-state index contributed by atoms with van der Waals surface area (Å²) in [6.07, 6.45) is 0.135. The first kappa shape index (κ1) is 30.5. The number of phenols is 2. The van der Waals surface area contributed by atoms with Crippen LogP contribution in [0.1, 0.15) is 25.0 Å². The first-order valence-electron chi connectivity index (χ1n) is 12.0. The van der Waals surface area contributed by atoms with Crippen LogP contribution in [0.3, 0.4) is 0 Å². The number of aliphatic carboxylic acids is 1. The number of phenolic OH excluding ortho intramolecular Hbond substituents is 2. The molecule has 0 saturated heterocycles. The fraction of sp³-hybridized carbons (Fsp3) is 0.385. The number of nitrogens with one attached hydrogen (secondary N) is 3. The molecule has 0 radical (unpaired) electrons. The second-order valence-corrected chi connectivity index (χ2v) is 9.59. The van der Waals surface area contributed by atoms with E-state index in [9.17, 15) is 34.5 Å². The number of nitrogens with two attached hydrogens (primary N) is 1. The third-order valence-electron chi connectivity index (χ3n) is 5.78. The van der Waals surface area contributed by atoms with Gasteiger partial charge in [-0.25, -0.2) is 4.79 Å². The summed E-state index contributed by atoms with van der Waals surface area (Å²) >= 11 is 4.14. The first-order chi connectivity index (χ1) is 17.9. The van der Waals surface area contributed by atoms with Crippen LogP contribution < -0.4 is 21.7 Å². The van der Waals surface area contributed by atoms with Crippen molar-refractivity contribution in [1.29, 1.82) is 0 Å². The van der Waals surface area contributed by atoms with Gasteiger partial charge in [0.2, 0.25) is 17.7 Å². The van der Waals surface area contributed by atoms with Gasteiger partial charge in [-0.15, -0.1) is 0 Å². The molecular weight excluding hydrogens is 512 g/mol. The van der Waals surface area contributed by atoms with Crippen molar-refractivity contribution in [1.82, 2.24) is 16.0 Å². The lowest BCUT2D eigenvalue weighted by Crippen LogP contribution is -2.59. The summed E-state index contributed by atoms with van der Waals surface area (Å²) in [4.78, 5) is 50.3. The minimum absolute atomic E-state index is 0.0272. The molecule has 0 aliphatic heterocycles. The van der Waals surface area contributed by atoms with Crippen LogP contribution in [-0.2, 0) is 32.0 Å². The Morgan fingerprint density at radius 3 is 1.68 bits per heavy atom. The number of carboxylic acid groups (broad SMARTS) is 1. The van der Waals surface area contributed by atoms with Crippen molar-refractivity contribution in [2.24, 2.45) is 11.7 Å². The van der Waals surface area contributed by atoms with E-state index in [1.165, 1.54) is 24.3 Å². The molecule has 0 aliphatic carbocycles. The zero-order chi connectivity index (χ0) is 28.4. The van der Waals surface area contributed by atoms with Crippen LogP contribution in [0.25, 0.3) is 0 Å². The number of rotatable bonds is 13. The van der Waals surface area contributed by atoms with E-state index in [2.05, 4.69) is 28.6 Å². The number of aromatic hydroxyl groups is 2. The van der Waals surface area contributed by atoms with Crippen molar-refractivity contribution < 1.29 is 34.5 Å². The zero-order valence-corrected chi connectivity index (χ0v) is 22.0. The number of hydrogen-bond donors (Lipinski definition) is 8. The molecule has 0 fully saturated rings. The Balaban J connectivity index is 2.02. The molecule has 4 unspecified atom stereocenters. The molecule has 8 N–H and O–H groups in total. The molecule has 0 spiro atoms. The number of carboxylic acids is 1. The van der Waals surface area contributed by atoms with Gasteiger partial charge in [-0.1, -0.05) is 38.1 Å². The van der Waals surface area contributed by atoms with Gasteiger partial charge < -0.3 is 37.0 Å². The monoisotopic (exact) mass is 546 g/mol. The summed E-state index contributed by atoms with van der Waals surface area (Å²) in [6, 6.07) is 7.68. The highest BCUT2D eigenvalue weighted by Crippen LogP contribution is 2.13. The van der Waals surface area contributed by atoms with E-state index in [0.717, 1.165) is 0 Å². The van der Waals surface area contributed by atoms with E-state index in [1.54, 1.807) is 38.1 Å². The molecule has 0 saturated carbocycles. The number of thiol groups is 1. The molecule has 2 rings (SSSR count). The Kier molecular flexibility index (Phi) is 11.4. The summed E-state index contributed by atoms with van der Waals surface area (Å²) in [5.41, 5.74) is 7.28. The van der Waals surface area contributed by atoms with E-state index < -0.39 is 53.8 Å². The maximum absolute atomic E-state index is 13.0. The number of benzene rings is 2. The van der Waals surface area contributed by atoms with Gasteiger partial charge in [-0.05, 0) is 47.7 Å². The smallest absolute Gasteiger partial charge is 0.326 e. The highest BCUT2D eigenvalue weighted by molar-refractivity contribution is 7.80. The normalized spacial score (nSPS) is 14.1. The topological polar surface area (TPSA) is 191 Å². The number of carbonyl (C=O) groups is 4. The van der Waals surface area contributed by atoms with Crippen molar-refractivity contribution >= 4 is 36.3 Å². The Labute approximate surface area is 226 Å². The van der Waals surface area contributed by atoms with E-state index in [0.29, 0.717) is 11.1 Å². The molecule has 0 aliphatic rings. The van der Waals surface area contributed by atoms with Gasteiger partial charge in [0.05, 0.1) is 6.04 Å². The lowest BCUT2D eigenvalue weighted by atomic mass is 10.0. The molecule has 11 nitrogen and oxygen atoms in total. The second kappa shape index (κ2) is 14.2. The van der Waals surface area contributed by atoms with E-state index >= 15 is 0 Å². The van der Waals surface area contributed by atoms with Crippen LogP contribution in [0.2, 0.25) is 0 Å². The van der Waals surface area contributed by atoms with Crippen molar-refractivity contribution in [2.75, 3.05) is 5.75 Å². The van der Waals surface area contributed by atoms with Gasteiger partial charge in [-0.2, -0.15) is 12.6 Å². The average Bonchev–Trinajstić information content (AvgIpc) is 2.87. The summed E-state index contributed by atoms with van der Waals surface area (Å²) in [7, 11) is 0. The van der Waals surface area contributed by atoms with Crippen LogP contribution >= 0.6 is 12.6 Å². The maximum atomic E-state index is 13.0. The van der Waals surface area contributed by atoms with Gasteiger partial charge in [0, 0.05) is 12.2 Å². The van der Waals surface area contributed by atoms with Crippen LogP contribution in [0.5, 0.6) is 11.5 Å². The minimum atomic E-state index is -1.27. The maximum Gasteiger partial charge on any atom is 0.326 e. The SMILES string of the molecule is CC(C)C(NC(=O)C(CS)NC(=O)C(N)Cc1ccc(O)cc1)C(=O)NC(Cc1ccc(O)cc1)C(=O)O. The van der Waals surface area contributed by atoms with Gasteiger partial charge >= 0.3 is 5.97 Å². The number of hydrogen-bond acceptors (Lipinski definition) is 8. The second-order valence-electron chi connectivity index (χ2n) is 9.22. The lowest BCUT2D eigenvalue weighted by molar-refractivity contribution is -0.142. The van der Waals surface area contributed by atoms with Gasteiger partial charge in [0.25, 0.3) is 0 Å². The van der Waals surface area contributed by atoms with Crippen molar-refractivity contribution in [3.05, 3.63) is 59.7 Å². The highest BCUT2D eigenvalue weighted by atomic mass is 32.1. The summed E-state index contributed by atoms with van der Waals surface area (Å²) in [6.45, 7) is 3.37. The molecule has 4 atom stereocenters. The van der Waals surface area contributed by atoms with E-state index in [4.69, 9.17) is 5.73 Å². The third kappa shape index (κ3) is 9.27. The van der Waals surface area contributed by atoms with Gasteiger partial charge in [0.1, 0.15) is 29.6 Å². The highest BCUT2D eigenvalue weighted by Gasteiger charge is 2.31. The van der Waals surface area contributed by atoms with Crippen LogP contribution in [0.15, 0.2) is 48.5 Å². The Morgan fingerprint density at radius 2 is 1.24 bits per heavy atom. The molecule has 38 heavy (non-hydrogen) atoms. The summed E-state index contributed by atoms with van der Waals surface area (Å²) < 4.78 is 0. The molecule has 12 heteroatoms. The molecule has 2 aromatic carbocycles. The van der Waals surface area contributed by atoms with Crippen molar-refractivity contribution in [2.45, 2.75) is 50.9 Å². The molecule has 0 heterocycles. The minimum Gasteiger partial charge on any atom is -0.508 e. The predicted molar refractivity (Wildman–Crippen MR) is 144 cm³/mol. The molecule has 2 aromatic rings. The quantitative estimate of drug-likeness (QED) is 0.165. The molecule has 3 amide bonds. The molecule has 0 aromatic heterocycles. The van der Waals surface area contributed by atoms with Crippen LogP contribution in [-0.4, -0.2) is 68.9 Å². The zero-order valence-electron chi connectivity index (χ0n) is 21.1. The molecular formula is C26H34N4O7S. The predicted octanol–water partition coefficient (Wildman–Crippen LogP) is 0.335. The van der Waals surface area contributed by atoms with E-state index in [1.807, 2.05) is 0 Å². The van der Waals surface area contributed by atoms with Gasteiger partial charge in [0.15, 0.2) is 0 Å². The molecule has 0 bridgehead atoms. The van der Waals surface area contributed by atoms with Crippen LogP contribution in [0.4, 0.5) is 0 Å². The number of amides is 3. The van der Waals surface area contributed by atoms with Crippen molar-refractivity contribution in [3.8, 4) is 11.5 Å². The first-order valence-corrected chi connectivity index (χ1v) is 12.6. The standard InChI is InChI=1S/C26H34N4O7S/c1-14(2)22(25(35)28-20(26(36)37)12-16-5-9-18(32)10-6-16)30-24(34)21(13-38)29-23(33)19(27)11-15-3-7-17(31)8-4-15/h3-10,14,19-22,31-32,38H,11-13,27H2,1-2H3,(H,28,35)(H,29,33)(H,30,34)(H,36,37). The Hall–Kier alpha value is -3.77. The molecule has 206 valence electrons. The largest absolute Gasteiger partial charge is 0.508 e. The summed E-state index contributed by atoms with van der Waals surface area (Å²) in [5, 5.41) is 36.0. The fourth-order valence-corrected chi connectivity index (χ4v) is 3.83. The van der Waals surface area contributed by atoms with Gasteiger partial charge in [-0.3, -0.25) is 14.4 Å².